The van der Waals surface area contributed by atoms with E-state index < -0.39 is 17.8 Å². The van der Waals surface area contributed by atoms with Crippen LogP contribution in [0.15, 0.2) is 41.8 Å². The SMILES string of the molecule is COC(=O)c1c(-c2ccccc2Cl)csc1NC(=O)C=CC(=O)O. The number of ether oxygens (including phenoxy) is 1. The maximum Gasteiger partial charge on any atom is 0.341 e. The lowest BCUT2D eigenvalue weighted by Crippen LogP contribution is -2.12. The first-order chi connectivity index (χ1) is 11.4. The number of carboxylic acid groups (broad SMARTS) is 1. The third kappa shape index (κ3) is 4.01. The molecule has 1 aromatic carbocycles. The van der Waals surface area contributed by atoms with Crippen molar-refractivity contribution in [3.63, 3.8) is 0 Å². The number of esters is 1. The van der Waals surface area contributed by atoms with E-state index in [1.54, 1.807) is 29.6 Å². The maximum absolute atomic E-state index is 12.1. The van der Waals surface area contributed by atoms with Gasteiger partial charge >= 0.3 is 11.9 Å². The molecule has 8 heteroatoms. The van der Waals surface area contributed by atoms with Crippen LogP contribution >= 0.6 is 22.9 Å². The average molecular weight is 366 g/mol. The molecule has 0 radical (unpaired) electrons. The first-order valence-corrected chi connectivity index (χ1v) is 7.86. The summed E-state index contributed by atoms with van der Waals surface area (Å²) in [5.74, 6) is -2.56. The molecule has 0 fully saturated rings. The van der Waals surface area contributed by atoms with Crippen LogP contribution in [-0.2, 0) is 14.3 Å². The molecule has 1 heterocycles. The number of thiophene rings is 1. The highest BCUT2D eigenvalue weighted by molar-refractivity contribution is 7.15. The Morgan fingerprint density at radius 2 is 1.92 bits per heavy atom. The third-order valence-electron chi connectivity index (χ3n) is 2.96. The van der Waals surface area contributed by atoms with Crippen molar-refractivity contribution in [3.8, 4) is 11.1 Å². The molecule has 0 aliphatic rings. The van der Waals surface area contributed by atoms with Gasteiger partial charge in [0.15, 0.2) is 0 Å². The molecule has 0 saturated heterocycles. The highest BCUT2D eigenvalue weighted by Gasteiger charge is 2.23. The lowest BCUT2D eigenvalue weighted by Gasteiger charge is -2.07. The van der Waals surface area contributed by atoms with Crippen LogP contribution in [0.3, 0.4) is 0 Å². The van der Waals surface area contributed by atoms with Gasteiger partial charge in [-0.1, -0.05) is 29.8 Å². The second-order valence-corrected chi connectivity index (χ2v) is 5.77. The molecule has 2 rings (SSSR count). The fraction of sp³-hybridized carbons (Fsp3) is 0.0625. The van der Waals surface area contributed by atoms with E-state index in [1.165, 1.54) is 7.11 Å². The Bertz CT molecular complexity index is 828. The number of halogens is 1. The van der Waals surface area contributed by atoms with Crippen molar-refractivity contribution in [2.24, 2.45) is 0 Å². The van der Waals surface area contributed by atoms with Crippen molar-refractivity contribution in [1.29, 1.82) is 0 Å². The Labute approximate surface area is 146 Å². The molecule has 0 unspecified atom stereocenters. The monoisotopic (exact) mass is 365 g/mol. The van der Waals surface area contributed by atoms with Gasteiger partial charge in [-0.05, 0) is 6.07 Å². The molecule has 0 saturated carbocycles. The highest BCUT2D eigenvalue weighted by atomic mass is 35.5. The molecule has 0 aliphatic carbocycles. The summed E-state index contributed by atoms with van der Waals surface area (Å²) in [4.78, 5) is 34.3. The van der Waals surface area contributed by atoms with E-state index in [9.17, 15) is 14.4 Å². The van der Waals surface area contributed by atoms with Gasteiger partial charge in [-0.25, -0.2) is 9.59 Å². The molecule has 1 amide bonds. The molecular weight excluding hydrogens is 354 g/mol. The van der Waals surface area contributed by atoms with Crippen LogP contribution in [0, 0.1) is 0 Å². The normalized spacial score (nSPS) is 10.6. The van der Waals surface area contributed by atoms with Crippen molar-refractivity contribution in [1.82, 2.24) is 0 Å². The van der Waals surface area contributed by atoms with Gasteiger partial charge in [-0.15, -0.1) is 11.3 Å². The second-order valence-electron chi connectivity index (χ2n) is 4.49. The van der Waals surface area contributed by atoms with Crippen LogP contribution in [0.5, 0.6) is 0 Å². The first kappa shape index (κ1) is 17.7. The van der Waals surface area contributed by atoms with E-state index in [-0.39, 0.29) is 10.6 Å². The van der Waals surface area contributed by atoms with Crippen molar-refractivity contribution in [2.45, 2.75) is 0 Å². The van der Waals surface area contributed by atoms with Gasteiger partial charge in [0.25, 0.3) is 0 Å². The van der Waals surface area contributed by atoms with Crippen LogP contribution in [0.2, 0.25) is 5.02 Å². The number of nitrogens with one attached hydrogen (secondary N) is 1. The fourth-order valence-electron chi connectivity index (χ4n) is 1.93. The van der Waals surface area contributed by atoms with Crippen LogP contribution in [0.1, 0.15) is 10.4 Å². The summed E-state index contributed by atoms with van der Waals surface area (Å²) in [5.41, 5.74) is 1.31. The maximum atomic E-state index is 12.1. The van der Waals surface area contributed by atoms with Gasteiger partial charge in [0.2, 0.25) is 5.91 Å². The molecule has 1 aromatic heterocycles. The number of benzene rings is 1. The summed E-state index contributed by atoms with van der Waals surface area (Å²) in [5, 5.41) is 13.4. The predicted octanol–water partition coefficient (Wildman–Crippen LogP) is 3.43. The standard InChI is InChI=1S/C16H12ClNO5S/c1-23-16(22)14-10(9-4-2-3-5-11(9)17)8-24-15(14)18-12(19)6-7-13(20)21/h2-8H,1H3,(H,18,19)(H,20,21). The average Bonchev–Trinajstić information content (AvgIpc) is 2.96. The second kappa shape index (κ2) is 7.76. The van der Waals surface area contributed by atoms with Gasteiger partial charge in [0.05, 0.1) is 7.11 Å². The van der Waals surface area contributed by atoms with E-state index in [0.717, 1.165) is 17.4 Å². The van der Waals surface area contributed by atoms with Crippen molar-refractivity contribution in [3.05, 3.63) is 52.4 Å². The van der Waals surface area contributed by atoms with E-state index in [2.05, 4.69) is 5.32 Å². The van der Waals surface area contributed by atoms with Gasteiger partial charge < -0.3 is 15.2 Å². The summed E-state index contributed by atoms with van der Waals surface area (Å²) in [6.45, 7) is 0. The van der Waals surface area contributed by atoms with E-state index in [1.807, 2.05) is 0 Å². The Kier molecular flexibility index (Phi) is 5.73. The molecule has 0 aliphatic heterocycles. The summed E-state index contributed by atoms with van der Waals surface area (Å²) in [6.07, 6.45) is 1.56. The van der Waals surface area contributed by atoms with Crippen molar-refractivity contribution >= 4 is 45.8 Å². The van der Waals surface area contributed by atoms with E-state index in [0.29, 0.717) is 22.2 Å². The number of anilines is 1. The number of methoxy groups -OCH3 is 1. The summed E-state index contributed by atoms with van der Waals surface area (Å²) in [7, 11) is 1.23. The number of amides is 1. The first-order valence-electron chi connectivity index (χ1n) is 6.60. The van der Waals surface area contributed by atoms with Crippen LogP contribution in [0.25, 0.3) is 11.1 Å². The summed E-state index contributed by atoms with van der Waals surface area (Å²) < 4.78 is 4.78. The van der Waals surface area contributed by atoms with Gasteiger partial charge in [-0.2, -0.15) is 0 Å². The Morgan fingerprint density at radius 1 is 1.21 bits per heavy atom. The number of carbonyl (C=O) groups is 3. The molecular formula is C16H12ClNO5S. The third-order valence-corrected chi connectivity index (χ3v) is 4.18. The Balaban J connectivity index is 2.44. The molecule has 2 N–H and O–H groups in total. The van der Waals surface area contributed by atoms with Crippen molar-refractivity contribution in [2.75, 3.05) is 12.4 Å². The Hall–Kier alpha value is -2.64. The lowest BCUT2D eigenvalue weighted by atomic mass is 10.0. The lowest BCUT2D eigenvalue weighted by molar-refractivity contribution is -0.131. The number of carbonyl (C=O) groups excluding carboxylic acids is 2. The van der Waals surface area contributed by atoms with Gasteiger partial charge in [-0.3, -0.25) is 4.79 Å². The molecule has 0 bridgehead atoms. The zero-order valence-electron chi connectivity index (χ0n) is 12.4. The zero-order valence-corrected chi connectivity index (χ0v) is 14.0. The van der Waals surface area contributed by atoms with Crippen LogP contribution in [0.4, 0.5) is 5.00 Å². The minimum atomic E-state index is -1.25. The number of hydrogen-bond donors (Lipinski definition) is 2. The molecule has 6 nitrogen and oxygen atoms in total. The highest BCUT2D eigenvalue weighted by Crippen LogP contribution is 2.39. The van der Waals surface area contributed by atoms with E-state index in [4.69, 9.17) is 21.4 Å². The van der Waals surface area contributed by atoms with Gasteiger partial charge in [0.1, 0.15) is 10.6 Å². The predicted molar refractivity (Wildman–Crippen MR) is 91.5 cm³/mol. The minimum absolute atomic E-state index is 0.160. The molecule has 0 spiro atoms. The zero-order chi connectivity index (χ0) is 17.7. The van der Waals surface area contributed by atoms with Crippen LogP contribution in [-0.4, -0.2) is 30.1 Å². The van der Waals surface area contributed by atoms with E-state index >= 15 is 0 Å². The fourth-order valence-corrected chi connectivity index (χ4v) is 3.12. The number of rotatable bonds is 5. The quantitative estimate of drug-likeness (QED) is 0.625. The molecule has 24 heavy (non-hydrogen) atoms. The Morgan fingerprint density at radius 3 is 2.54 bits per heavy atom. The number of hydrogen-bond acceptors (Lipinski definition) is 5. The molecule has 2 aromatic rings. The summed E-state index contributed by atoms with van der Waals surface area (Å²) in [6, 6.07) is 6.96. The topological polar surface area (TPSA) is 92.7 Å². The molecule has 124 valence electrons. The van der Waals surface area contributed by atoms with Crippen molar-refractivity contribution < 1.29 is 24.2 Å². The largest absolute Gasteiger partial charge is 0.478 e. The smallest absolute Gasteiger partial charge is 0.341 e. The van der Waals surface area contributed by atoms with Gasteiger partial charge in [0, 0.05) is 33.7 Å². The van der Waals surface area contributed by atoms with Crippen LogP contribution < -0.4 is 5.32 Å². The number of aliphatic carboxylic acids is 1. The number of carboxylic acids is 1. The molecule has 0 atom stereocenters. The summed E-state index contributed by atoms with van der Waals surface area (Å²) >= 11 is 7.28. The minimum Gasteiger partial charge on any atom is -0.478 e.